The van der Waals surface area contributed by atoms with Gasteiger partial charge in [-0.3, -0.25) is 0 Å². The molecule has 2 N–H and O–H groups in total. The Morgan fingerprint density at radius 2 is 2.21 bits per heavy atom. The summed E-state index contributed by atoms with van der Waals surface area (Å²) in [6.07, 6.45) is 2.44. The number of furan rings is 1. The van der Waals surface area contributed by atoms with Crippen LogP contribution in [0.4, 0.5) is 0 Å². The second kappa shape index (κ2) is 7.31. The van der Waals surface area contributed by atoms with Crippen molar-refractivity contribution in [2.45, 2.75) is 32.9 Å². The number of carbonyl (C=O) groups is 1. The Labute approximate surface area is 114 Å². The van der Waals surface area contributed by atoms with Gasteiger partial charge in [0, 0.05) is 18.2 Å². The van der Waals surface area contributed by atoms with Crippen molar-refractivity contribution in [2.24, 2.45) is 11.7 Å². The average Bonchev–Trinajstić information content (AvgIpc) is 2.82. The molecule has 1 aromatic heterocycles. The van der Waals surface area contributed by atoms with Gasteiger partial charge in [-0.2, -0.15) is 0 Å². The van der Waals surface area contributed by atoms with E-state index in [0.717, 1.165) is 18.5 Å². The Bertz CT molecular complexity index is 401. The van der Waals surface area contributed by atoms with Crippen LogP contribution < -0.4 is 5.73 Å². The third-order valence-corrected chi connectivity index (χ3v) is 3.26. The van der Waals surface area contributed by atoms with E-state index in [2.05, 4.69) is 23.5 Å². The summed E-state index contributed by atoms with van der Waals surface area (Å²) < 4.78 is 9.83. The predicted molar refractivity (Wildman–Crippen MR) is 73.8 cm³/mol. The average molecular weight is 268 g/mol. The van der Waals surface area contributed by atoms with Gasteiger partial charge in [0.05, 0.1) is 13.4 Å². The van der Waals surface area contributed by atoms with E-state index < -0.39 is 5.97 Å². The predicted octanol–water partition coefficient (Wildman–Crippen LogP) is 1.87. The van der Waals surface area contributed by atoms with Gasteiger partial charge in [-0.15, -0.1) is 0 Å². The second-order valence-electron chi connectivity index (χ2n) is 5.20. The quantitative estimate of drug-likeness (QED) is 0.765. The van der Waals surface area contributed by atoms with Crippen molar-refractivity contribution in [3.05, 3.63) is 23.7 Å². The summed E-state index contributed by atoms with van der Waals surface area (Å²) in [6, 6.07) is 2.00. The molecule has 0 bridgehead atoms. The first-order chi connectivity index (χ1) is 8.95. The first-order valence-electron chi connectivity index (χ1n) is 6.54. The van der Waals surface area contributed by atoms with Crippen LogP contribution in [0.1, 0.15) is 36.4 Å². The van der Waals surface area contributed by atoms with Gasteiger partial charge < -0.3 is 19.8 Å². The lowest BCUT2D eigenvalue weighted by molar-refractivity contribution is 0.0562. The fourth-order valence-electron chi connectivity index (χ4n) is 1.80. The molecule has 0 aliphatic heterocycles. The fourth-order valence-corrected chi connectivity index (χ4v) is 1.80. The highest BCUT2D eigenvalue weighted by molar-refractivity contribution is 5.87. The van der Waals surface area contributed by atoms with Gasteiger partial charge in [-0.1, -0.05) is 13.8 Å². The molecule has 5 heteroatoms. The van der Waals surface area contributed by atoms with Crippen LogP contribution in [-0.2, 0) is 11.3 Å². The van der Waals surface area contributed by atoms with Gasteiger partial charge in [-0.05, 0) is 32.0 Å². The molecule has 0 aliphatic carbocycles. The minimum absolute atomic E-state index is 0.201. The number of esters is 1. The molecule has 1 unspecified atom stereocenters. The fraction of sp³-hybridized carbons (Fsp3) is 0.643. The highest BCUT2D eigenvalue weighted by Gasteiger charge is 2.17. The maximum absolute atomic E-state index is 11.5. The molecular formula is C14H24N2O3. The van der Waals surface area contributed by atoms with Gasteiger partial charge in [0.1, 0.15) is 0 Å². The summed E-state index contributed by atoms with van der Waals surface area (Å²) in [4.78, 5) is 13.6. The molecule has 1 aromatic rings. The number of nitrogens with zero attached hydrogens (tertiary/aromatic N) is 1. The first kappa shape index (κ1) is 15.7. The third kappa shape index (κ3) is 4.69. The Morgan fingerprint density at radius 3 is 2.79 bits per heavy atom. The van der Waals surface area contributed by atoms with Crippen LogP contribution >= 0.6 is 0 Å². The molecule has 0 amide bonds. The maximum Gasteiger partial charge on any atom is 0.374 e. The summed E-state index contributed by atoms with van der Waals surface area (Å²) in [5.41, 5.74) is 6.86. The van der Waals surface area contributed by atoms with E-state index in [1.807, 2.05) is 7.05 Å². The number of hydrogen-bond donors (Lipinski definition) is 1. The van der Waals surface area contributed by atoms with E-state index in [-0.39, 0.29) is 11.8 Å². The monoisotopic (exact) mass is 268 g/mol. The summed E-state index contributed by atoms with van der Waals surface area (Å²) in [5, 5.41) is 0. The normalized spacial score (nSPS) is 13.0. The van der Waals surface area contributed by atoms with Crippen molar-refractivity contribution in [3.8, 4) is 0 Å². The van der Waals surface area contributed by atoms with E-state index in [4.69, 9.17) is 10.2 Å². The van der Waals surface area contributed by atoms with Gasteiger partial charge in [0.2, 0.25) is 5.76 Å². The third-order valence-electron chi connectivity index (χ3n) is 3.26. The summed E-state index contributed by atoms with van der Waals surface area (Å²) >= 11 is 0. The number of nitrogens with two attached hydrogens (primary N) is 1. The molecule has 0 saturated heterocycles. The molecule has 0 radical (unpaired) electrons. The zero-order chi connectivity index (χ0) is 14.4. The van der Waals surface area contributed by atoms with Crippen LogP contribution in [0.3, 0.4) is 0 Å². The van der Waals surface area contributed by atoms with Crippen LogP contribution in [0.15, 0.2) is 16.7 Å². The molecule has 1 atom stereocenters. The number of hydrogen-bond acceptors (Lipinski definition) is 5. The molecule has 5 nitrogen and oxygen atoms in total. The van der Waals surface area contributed by atoms with Crippen molar-refractivity contribution in [1.82, 2.24) is 4.90 Å². The van der Waals surface area contributed by atoms with Gasteiger partial charge in [0.15, 0.2) is 0 Å². The summed E-state index contributed by atoms with van der Waals surface area (Å²) in [7, 11) is 3.35. The molecule has 0 saturated carbocycles. The molecule has 0 spiro atoms. The van der Waals surface area contributed by atoms with E-state index in [1.165, 1.54) is 13.4 Å². The smallest absolute Gasteiger partial charge is 0.374 e. The van der Waals surface area contributed by atoms with Gasteiger partial charge in [-0.25, -0.2) is 4.79 Å². The molecule has 0 aromatic carbocycles. The van der Waals surface area contributed by atoms with Crippen LogP contribution in [-0.4, -0.2) is 37.6 Å². The Hall–Kier alpha value is -1.33. The zero-order valence-electron chi connectivity index (χ0n) is 12.2. The van der Waals surface area contributed by atoms with E-state index in [0.29, 0.717) is 12.5 Å². The maximum atomic E-state index is 11.5. The lowest BCUT2D eigenvalue weighted by atomic mass is 10.0. The summed E-state index contributed by atoms with van der Waals surface area (Å²) in [5.74, 6) is 0.322. The molecule has 1 heterocycles. The number of carbonyl (C=O) groups excluding carboxylic acids is 1. The van der Waals surface area contributed by atoms with Crippen molar-refractivity contribution < 1.29 is 13.9 Å². The minimum Gasteiger partial charge on any atom is -0.463 e. The molecule has 0 aliphatic rings. The van der Waals surface area contributed by atoms with Crippen LogP contribution in [0, 0.1) is 5.92 Å². The number of ether oxygens (including phenoxy) is 1. The number of rotatable bonds is 7. The topological polar surface area (TPSA) is 68.7 Å². The van der Waals surface area contributed by atoms with Crippen LogP contribution in [0.5, 0.6) is 0 Å². The van der Waals surface area contributed by atoms with Crippen molar-refractivity contribution in [3.63, 3.8) is 0 Å². The largest absolute Gasteiger partial charge is 0.463 e. The first-order valence-corrected chi connectivity index (χ1v) is 6.54. The Balaban J connectivity index is 2.51. The van der Waals surface area contributed by atoms with E-state index in [1.54, 1.807) is 6.07 Å². The molecule has 19 heavy (non-hydrogen) atoms. The number of methoxy groups -OCH3 is 1. The molecule has 0 fully saturated rings. The second-order valence-corrected chi connectivity index (χ2v) is 5.20. The molecule has 108 valence electrons. The lowest BCUT2D eigenvalue weighted by Crippen LogP contribution is -2.31. The van der Waals surface area contributed by atoms with Gasteiger partial charge in [0.25, 0.3) is 0 Å². The highest BCUT2D eigenvalue weighted by Crippen LogP contribution is 2.14. The standard InChI is InChI=1S/C14H24N2O3/c1-10(2)12(15)5-7-16(3)9-11-6-8-19-13(11)14(17)18-4/h6,8,10,12H,5,7,9,15H2,1-4H3. The van der Waals surface area contributed by atoms with Gasteiger partial charge >= 0.3 is 5.97 Å². The van der Waals surface area contributed by atoms with Crippen LogP contribution in [0.2, 0.25) is 0 Å². The van der Waals surface area contributed by atoms with Crippen molar-refractivity contribution in [1.29, 1.82) is 0 Å². The van der Waals surface area contributed by atoms with E-state index >= 15 is 0 Å². The molecule has 1 rings (SSSR count). The highest BCUT2D eigenvalue weighted by atomic mass is 16.5. The zero-order valence-corrected chi connectivity index (χ0v) is 12.2. The van der Waals surface area contributed by atoms with E-state index in [9.17, 15) is 4.79 Å². The van der Waals surface area contributed by atoms with Crippen molar-refractivity contribution in [2.75, 3.05) is 20.7 Å². The Kier molecular flexibility index (Phi) is 6.05. The molecular weight excluding hydrogens is 244 g/mol. The van der Waals surface area contributed by atoms with Crippen LogP contribution in [0.25, 0.3) is 0 Å². The van der Waals surface area contributed by atoms with Crippen molar-refractivity contribution >= 4 is 5.97 Å². The lowest BCUT2D eigenvalue weighted by Gasteiger charge is -2.21. The minimum atomic E-state index is -0.438. The Morgan fingerprint density at radius 1 is 1.53 bits per heavy atom. The SMILES string of the molecule is COC(=O)c1occc1CN(C)CCC(N)C(C)C. The summed E-state index contributed by atoms with van der Waals surface area (Å²) in [6.45, 7) is 5.77.